The molecule has 0 aromatic carbocycles. The number of rotatable bonds is 2. The van der Waals surface area contributed by atoms with Crippen LogP contribution in [0.1, 0.15) is 12.5 Å². The molecule has 10 atom stereocenters. The summed E-state index contributed by atoms with van der Waals surface area (Å²) in [5, 5.41) is 22.9. The molecule has 44 heavy (non-hydrogen) atoms. The summed E-state index contributed by atoms with van der Waals surface area (Å²) in [6.45, 7) is -9.41. The topological polar surface area (TPSA) is 259 Å². The number of imidazole rings is 1. The molecule has 4 aromatic heterocycles. The van der Waals surface area contributed by atoms with Gasteiger partial charge in [0.15, 0.2) is 23.9 Å². The Labute approximate surface area is 257 Å². The molecule has 23 heteroatoms. The number of anilines is 2. The number of nitrogens with two attached hydrogens (primary N) is 2. The monoisotopic (exact) mass is 689 g/mol. The third-order valence-electron chi connectivity index (χ3n) is 7.41. The summed E-state index contributed by atoms with van der Waals surface area (Å²) in [5.74, 6) is 0.317. The van der Waals surface area contributed by atoms with Crippen molar-refractivity contribution in [3.05, 3.63) is 31.2 Å². The lowest BCUT2D eigenvalue weighted by molar-refractivity contribution is -0.0593. The lowest BCUT2D eigenvalue weighted by Gasteiger charge is -2.27. The molecule has 3 aliphatic heterocycles. The van der Waals surface area contributed by atoms with E-state index in [1.54, 1.807) is 12.3 Å². The lowest BCUT2D eigenvalue weighted by atomic mass is 10.1. The largest absolute Gasteiger partial charge is 0.387 e. The van der Waals surface area contributed by atoms with Gasteiger partial charge in [-0.05, 0) is 17.9 Å². The first-order valence-corrected chi connectivity index (χ1v) is 18.2. The zero-order valence-electron chi connectivity index (χ0n) is 22.2. The Hall–Kier alpha value is -2.36. The van der Waals surface area contributed by atoms with Crippen LogP contribution >= 0.6 is 25.8 Å². The van der Waals surface area contributed by atoms with Crippen LogP contribution in [0, 0.1) is 0 Å². The van der Waals surface area contributed by atoms with Gasteiger partial charge in [0.2, 0.25) is 0 Å². The zero-order chi connectivity index (χ0) is 31.0. The quantitative estimate of drug-likeness (QED) is 0.120. The molecule has 3 saturated heterocycles. The molecule has 236 valence electrons. The highest BCUT2D eigenvalue weighted by molar-refractivity contribution is 8.44. The van der Waals surface area contributed by atoms with Crippen molar-refractivity contribution in [2.75, 3.05) is 24.7 Å². The summed E-state index contributed by atoms with van der Waals surface area (Å²) in [5.41, 5.74) is 12.7. The number of aliphatic hydroxyl groups excluding tert-OH is 2. The lowest BCUT2D eigenvalue weighted by Crippen LogP contribution is -2.36. The van der Waals surface area contributed by atoms with Crippen LogP contribution < -0.4 is 11.5 Å². The van der Waals surface area contributed by atoms with E-state index in [2.05, 4.69) is 37.2 Å². The maximum atomic E-state index is 13.4. The van der Waals surface area contributed by atoms with Crippen molar-refractivity contribution in [2.45, 2.75) is 49.1 Å². The van der Waals surface area contributed by atoms with Crippen LogP contribution in [0.4, 0.5) is 11.6 Å². The number of hydrogen-bond donors (Lipinski definition) is 6. The molecule has 2 bridgehead atoms. The van der Waals surface area contributed by atoms with E-state index in [1.807, 2.05) is 0 Å². The van der Waals surface area contributed by atoms with Crippen molar-refractivity contribution in [2.24, 2.45) is 0 Å². The van der Waals surface area contributed by atoms with E-state index in [9.17, 15) is 19.7 Å². The molecule has 19 nitrogen and oxygen atoms in total. The number of aliphatic hydroxyl groups is 2. The van der Waals surface area contributed by atoms with Crippen LogP contribution in [0.15, 0.2) is 31.2 Å². The number of nitrogens with zero attached hydrogens (tertiary/aromatic N) is 7. The number of ether oxygens (including phenoxy) is 2. The van der Waals surface area contributed by atoms with Gasteiger partial charge in [0.25, 0.3) is 0 Å². The minimum absolute atomic E-state index is 0.107. The normalized spacial score (nSPS) is 38.3. The highest BCUT2D eigenvalue weighted by Crippen LogP contribution is 2.58. The molecule has 7 N–H and O–H groups in total. The van der Waals surface area contributed by atoms with Crippen LogP contribution in [0.5, 0.6) is 0 Å². The standard InChI is InChI=1S/C21H25N9O10P2S2/c22-16-8-1-2-29(18(8)26-5-24-16)21-15-12(31)9(37-21)3-35-41(33,43)39-14-10(4-36-42(34,44)40-15)38-20(13(14)32)30-7-28-11-17(23)25-6-27-19(11)30/h1-2,5-7,9-10,12-15,20-21,31-32H,3-4H2,(H,33,43)(H,34,44)(H2,22,24,26)(H2,23,25,27)/t9-,10?,12-,13-,14-,15-,20-,21-,41?,42?/m1/s1. The predicted molar refractivity (Wildman–Crippen MR) is 156 cm³/mol. The molecule has 0 aliphatic carbocycles. The molecule has 3 aliphatic rings. The third kappa shape index (κ3) is 5.30. The van der Waals surface area contributed by atoms with Gasteiger partial charge in [-0.3, -0.25) is 18.1 Å². The van der Waals surface area contributed by atoms with Crippen LogP contribution in [0.2, 0.25) is 0 Å². The fourth-order valence-electron chi connectivity index (χ4n) is 5.36. The van der Waals surface area contributed by atoms with Gasteiger partial charge in [-0.1, -0.05) is 12.2 Å². The summed E-state index contributed by atoms with van der Waals surface area (Å²) in [7, 11) is 0. The van der Waals surface area contributed by atoms with E-state index in [1.165, 1.54) is 28.1 Å². The Morgan fingerprint density at radius 1 is 0.886 bits per heavy atom. The third-order valence-corrected chi connectivity index (χ3v) is 10.6. The zero-order valence-corrected chi connectivity index (χ0v) is 25.7. The maximum Gasteiger partial charge on any atom is 0.386 e. The number of aromatic nitrogens is 7. The summed E-state index contributed by atoms with van der Waals surface area (Å²) in [6, 6.07) is 1.64. The Bertz CT molecular complexity index is 1830. The Morgan fingerprint density at radius 2 is 1.59 bits per heavy atom. The van der Waals surface area contributed by atoms with Crippen LogP contribution in [-0.4, -0.2) is 99.0 Å². The molecule has 0 saturated carbocycles. The molecular formula is C21H25N9O10P2S2. The molecule has 3 fully saturated rings. The number of hydrogen-bond acceptors (Lipinski definition) is 17. The van der Waals surface area contributed by atoms with E-state index in [4.69, 9.17) is 50.8 Å². The molecule has 0 amide bonds. The minimum Gasteiger partial charge on any atom is -0.387 e. The summed E-state index contributed by atoms with van der Waals surface area (Å²) in [4.78, 5) is 31.5. The number of thiol groups is 1. The summed E-state index contributed by atoms with van der Waals surface area (Å²) in [6.07, 6.45) is -4.91. The first-order chi connectivity index (χ1) is 20.9. The van der Waals surface area contributed by atoms with Crippen molar-refractivity contribution in [3.8, 4) is 0 Å². The average molecular weight is 690 g/mol. The highest BCUT2D eigenvalue weighted by atomic mass is 32.7. The van der Waals surface area contributed by atoms with E-state index in [0.29, 0.717) is 11.0 Å². The van der Waals surface area contributed by atoms with Crippen molar-refractivity contribution in [1.29, 1.82) is 0 Å². The van der Waals surface area contributed by atoms with Crippen molar-refractivity contribution < 1.29 is 47.2 Å². The van der Waals surface area contributed by atoms with Gasteiger partial charge in [-0.15, -0.1) is 0 Å². The molecule has 4 aromatic rings. The van der Waals surface area contributed by atoms with Crippen molar-refractivity contribution >= 4 is 71.4 Å². The molecule has 7 rings (SSSR count). The number of nitrogen functional groups attached to an aromatic ring is 2. The van der Waals surface area contributed by atoms with Crippen LogP contribution in [0.25, 0.3) is 22.2 Å². The second-order valence-electron chi connectivity index (χ2n) is 10.1. The summed E-state index contributed by atoms with van der Waals surface area (Å²) >= 11 is 9.37. The fraction of sp³-hybridized carbons (Fsp3) is 0.476. The van der Waals surface area contributed by atoms with Gasteiger partial charge in [0.05, 0.1) is 24.9 Å². The molecule has 0 radical (unpaired) electrons. The van der Waals surface area contributed by atoms with Gasteiger partial charge in [-0.25, -0.2) is 29.5 Å². The summed E-state index contributed by atoms with van der Waals surface area (Å²) < 4.78 is 51.0. The first kappa shape index (κ1) is 30.3. The second-order valence-corrected chi connectivity index (χ2v) is 15.7. The van der Waals surface area contributed by atoms with E-state index in [-0.39, 0.29) is 22.8 Å². The second kappa shape index (κ2) is 11.2. The van der Waals surface area contributed by atoms with Gasteiger partial charge in [0.1, 0.15) is 66.3 Å². The average Bonchev–Trinajstić information content (AvgIpc) is 3.73. The van der Waals surface area contributed by atoms with Crippen LogP contribution in [-0.2, 0) is 43.9 Å². The Morgan fingerprint density at radius 3 is 2.39 bits per heavy atom. The molecule has 7 heterocycles. The Balaban J connectivity index is 1.20. The minimum atomic E-state index is -4.26. The Kier molecular flexibility index (Phi) is 7.69. The van der Waals surface area contributed by atoms with E-state index in [0.717, 1.165) is 0 Å². The van der Waals surface area contributed by atoms with Gasteiger partial charge < -0.3 is 45.1 Å². The molecule has 3 unspecified atom stereocenters. The van der Waals surface area contributed by atoms with E-state index >= 15 is 0 Å². The van der Waals surface area contributed by atoms with Gasteiger partial charge in [-0.2, -0.15) is 0 Å². The SMILES string of the molecule is Nc1ncnc2c1ccn2[C@@H]1O[C@@H]2COP(=O)(S)O[C@@H]3C(COP(O)(=S)O[C@@H]1[C@@H]2O)O[C@@H](n1cnc2c(N)ncnc21)[C@@H]3O. The molecule has 0 spiro atoms. The van der Waals surface area contributed by atoms with Crippen molar-refractivity contribution in [3.63, 3.8) is 0 Å². The smallest absolute Gasteiger partial charge is 0.386 e. The predicted octanol–water partition coefficient (Wildman–Crippen LogP) is 0.0241. The van der Waals surface area contributed by atoms with Crippen molar-refractivity contribution in [1.82, 2.24) is 34.1 Å². The van der Waals surface area contributed by atoms with E-state index < -0.39 is 75.8 Å². The van der Waals surface area contributed by atoms with Crippen LogP contribution in [0.3, 0.4) is 0 Å². The van der Waals surface area contributed by atoms with Gasteiger partial charge in [0, 0.05) is 6.20 Å². The number of fused-ring (bicyclic) bond motifs is 5. The van der Waals surface area contributed by atoms with Gasteiger partial charge >= 0.3 is 13.5 Å². The first-order valence-electron chi connectivity index (χ1n) is 12.9. The molecular weight excluding hydrogens is 664 g/mol. The highest BCUT2D eigenvalue weighted by Gasteiger charge is 2.52. The fourth-order valence-corrected chi connectivity index (χ4v) is 8.27. The maximum absolute atomic E-state index is 13.4.